The Balaban J connectivity index is 2.22. The first-order chi connectivity index (χ1) is 9.84. The van der Waals surface area contributed by atoms with Crippen LogP contribution in [0.25, 0.3) is 0 Å². The first-order valence-electron chi connectivity index (χ1n) is 7.11. The summed E-state index contributed by atoms with van der Waals surface area (Å²) in [6.07, 6.45) is 1.35. The normalized spacial score (nSPS) is 19.4. The van der Waals surface area contributed by atoms with Crippen molar-refractivity contribution in [2.75, 3.05) is 13.1 Å². The molecule has 0 bridgehead atoms. The minimum Gasteiger partial charge on any atom is -0.481 e. The van der Waals surface area contributed by atoms with E-state index < -0.39 is 17.3 Å². The number of carbonyl (C=O) groups excluding carboxylic acids is 1. The van der Waals surface area contributed by atoms with Gasteiger partial charge in [0.2, 0.25) is 5.91 Å². The number of hydrogen-bond acceptors (Lipinski definition) is 2. The van der Waals surface area contributed by atoms with Crippen molar-refractivity contribution in [3.05, 3.63) is 34.9 Å². The quantitative estimate of drug-likeness (QED) is 0.934. The summed E-state index contributed by atoms with van der Waals surface area (Å²) in [4.78, 5) is 25.6. The molecule has 1 heterocycles. The number of carboxylic acids is 1. The molecule has 1 aromatic rings. The average Bonchev–Trinajstić information content (AvgIpc) is 2.46. The summed E-state index contributed by atoms with van der Waals surface area (Å²) in [6, 6.07) is 7.29. The summed E-state index contributed by atoms with van der Waals surface area (Å²) in [5.74, 6) is -1.37. The number of nitrogens with zero attached hydrogens (tertiary/aromatic N) is 1. The number of hydrogen-bond donors (Lipinski definition) is 1. The molecule has 114 valence electrons. The molecule has 0 spiro atoms. The molecule has 21 heavy (non-hydrogen) atoms. The Kier molecular flexibility index (Phi) is 4.57. The molecule has 5 heteroatoms. The highest BCUT2D eigenvalue weighted by atomic mass is 35.5. The van der Waals surface area contributed by atoms with Crippen molar-refractivity contribution in [3.8, 4) is 0 Å². The van der Waals surface area contributed by atoms with E-state index >= 15 is 0 Å². The van der Waals surface area contributed by atoms with E-state index in [2.05, 4.69) is 0 Å². The van der Waals surface area contributed by atoms with Crippen molar-refractivity contribution in [3.63, 3.8) is 0 Å². The lowest BCUT2D eigenvalue weighted by Crippen LogP contribution is -2.49. The lowest BCUT2D eigenvalue weighted by molar-refractivity contribution is -0.147. The van der Waals surface area contributed by atoms with Gasteiger partial charge in [-0.2, -0.15) is 0 Å². The number of likely N-dealkylation sites (tertiary alicyclic amines) is 1. The van der Waals surface area contributed by atoms with Crippen LogP contribution in [0.1, 0.15) is 32.3 Å². The molecule has 1 aliphatic heterocycles. The first-order valence-corrected chi connectivity index (χ1v) is 7.49. The van der Waals surface area contributed by atoms with Gasteiger partial charge in [-0.1, -0.05) is 29.8 Å². The summed E-state index contributed by atoms with van der Waals surface area (Å²) >= 11 is 6.21. The number of piperidine rings is 1. The fourth-order valence-electron chi connectivity index (χ4n) is 2.84. The second-order valence-corrected chi connectivity index (χ2v) is 6.44. The molecule has 2 rings (SSSR count). The molecule has 0 aliphatic carbocycles. The SMILES string of the molecule is CC(C)(C(=O)N1CCCC(C(=O)O)C1)c1ccccc1Cl. The number of amides is 1. The Morgan fingerprint density at radius 3 is 2.62 bits per heavy atom. The van der Waals surface area contributed by atoms with E-state index in [0.717, 1.165) is 12.0 Å². The maximum Gasteiger partial charge on any atom is 0.308 e. The molecule has 0 radical (unpaired) electrons. The van der Waals surface area contributed by atoms with Crippen molar-refractivity contribution in [2.45, 2.75) is 32.1 Å². The third-order valence-corrected chi connectivity index (χ3v) is 4.47. The van der Waals surface area contributed by atoms with Gasteiger partial charge in [0.05, 0.1) is 11.3 Å². The Labute approximate surface area is 129 Å². The van der Waals surface area contributed by atoms with Crippen LogP contribution in [0.3, 0.4) is 0 Å². The Bertz CT molecular complexity index is 556. The van der Waals surface area contributed by atoms with E-state index in [0.29, 0.717) is 18.0 Å². The van der Waals surface area contributed by atoms with Crippen molar-refractivity contribution in [1.29, 1.82) is 0 Å². The van der Waals surface area contributed by atoms with E-state index in [4.69, 9.17) is 16.7 Å². The van der Waals surface area contributed by atoms with Crippen LogP contribution in [0.2, 0.25) is 5.02 Å². The van der Waals surface area contributed by atoms with Gasteiger partial charge in [-0.3, -0.25) is 9.59 Å². The highest BCUT2D eigenvalue weighted by molar-refractivity contribution is 6.31. The summed E-state index contributed by atoms with van der Waals surface area (Å²) < 4.78 is 0. The van der Waals surface area contributed by atoms with Crippen LogP contribution in [0.4, 0.5) is 0 Å². The second kappa shape index (κ2) is 6.06. The van der Waals surface area contributed by atoms with Gasteiger partial charge in [0.15, 0.2) is 0 Å². The molecule has 1 atom stereocenters. The zero-order valence-corrected chi connectivity index (χ0v) is 13.1. The predicted octanol–water partition coefficient (Wildman–Crippen LogP) is 2.94. The average molecular weight is 310 g/mol. The number of rotatable bonds is 3. The van der Waals surface area contributed by atoms with Crippen molar-refractivity contribution in [1.82, 2.24) is 4.90 Å². The van der Waals surface area contributed by atoms with Gasteiger partial charge in [0.1, 0.15) is 0 Å². The summed E-state index contributed by atoms with van der Waals surface area (Å²) in [7, 11) is 0. The van der Waals surface area contributed by atoms with Crippen LogP contribution in [0, 0.1) is 5.92 Å². The number of carboxylic acid groups (broad SMARTS) is 1. The topological polar surface area (TPSA) is 57.6 Å². The Morgan fingerprint density at radius 2 is 2.00 bits per heavy atom. The standard InChI is InChI=1S/C16H20ClNO3/c1-16(2,12-7-3-4-8-13(12)17)15(21)18-9-5-6-11(10-18)14(19)20/h3-4,7-8,11H,5-6,9-10H2,1-2H3,(H,19,20). The molecule has 1 amide bonds. The molecular weight excluding hydrogens is 290 g/mol. The first kappa shape index (κ1) is 15.8. The molecule has 0 saturated carbocycles. The van der Waals surface area contributed by atoms with Gasteiger partial charge in [0, 0.05) is 18.1 Å². The highest BCUT2D eigenvalue weighted by Crippen LogP contribution is 2.32. The third-order valence-electron chi connectivity index (χ3n) is 4.14. The minimum absolute atomic E-state index is 0.0680. The van der Waals surface area contributed by atoms with Crippen molar-refractivity contribution >= 4 is 23.5 Å². The maximum atomic E-state index is 12.8. The van der Waals surface area contributed by atoms with E-state index in [1.807, 2.05) is 32.0 Å². The lowest BCUT2D eigenvalue weighted by atomic mass is 9.82. The van der Waals surface area contributed by atoms with E-state index in [9.17, 15) is 9.59 Å². The highest BCUT2D eigenvalue weighted by Gasteiger charge is 2.38. The lowest BCUT2D eigenvalue weighted by Gasteiger charge is -2.37. The van der Waals surface area contributed by atoms with E-state index in [1.54, 1.807) is 11.0 Å². The third kappa shape index (κ3) is 3.21. The smallest absolute Gasteiger partial charge is 0.308 e. The summed E-state index contributed by atoms with van der Waals surface area (Å²) in [5.41, 5.74) is 0.00719. The van der Waals surface area contributed by atoms with E-state index in [-0.39, 0.29) is 12.5 Å². The fourth-order valence-corrected chi connectivity index (χ4v) is 3.21. The van der Waals surface area contributed by atoms with Crippen LogP contribution >= 0.6 is 11.6 Å². The van der Waals surface area contributed by atoms with E-state index in [1.165, 1.54) is 0 Å². The molecule has 1 fully saturated rings. The molecule has 1 unspecified atom stereocenters. The molecule has 1 aromatic carbocycles. The zero-order valence-electron chi connectivity index (χ0n) is 12.3. The summed E-state index contributed by atoms with van der Waals surface area (Å²) in [5, 5.41) is 9.70. The predicted molar refractivity (Wildman–Crippen MR) is 81.4 cm³/mol. The Morgan fingerprint density at radius 1 is 1.33 bits per heavy atom. The fraction of sp³-hybridized carbons (Fsp3) is 0.500. The number of carbonyl (C=O) groups is 2. The monoisotopic (exact) mass is 309 g/mol. The van der Waals surface area contributed by atoms with Crippen molar-refractivity contribution < 1.29 is 14.7 Å². The number of benzene rings is 1. The maximum absolute atomic E-state index is 12.8. The van der Waals surface area contributed by atoms with Crippen molar-refractivity contribution in [2.24, 2.45) is 5.92 Å². The minimum atomic E-state index is -0.831. The van der Waals surface area contributed by atoms with Gasteiger partial charge in [-0.15, -0.1) is 0 Å². The summed E-state index contributed by atoms with van der Waals surface area (Å²) in [6.45, 7) is 4.56. The molecule has 1 saturated heterocycles. The van der Waals surface area contributed by atoms with Crippen LogP contribution in [0.15, 0.2) is 24.3 Å². The Hall–Kier alpha value is -1.55. The van der Waals surface area contributed by atoms with Gasteiger partial charge >= 0.3 is 5.97 Å². The van der Waals surface area contributed by atoms with Gasteiger partial charge in [-0.05, 0) is 38.3 Å². The largest absolute Gasteiger partial charge is 0.481 e. The van der Waals surface area contributed by atoms with Crippen LogP contribution in [-0.4, -0.2) is 35.0 Å². The van der Waals surface area contributed by atoms with Gasteiger partial charge in [-0.25, -0.2) is 0 Å². The zero-order chi connectivity index (χ0) is 15.6. The molecule has 1 N–H and O–H groups in total. The van der Waals surface area contributed by atoms with Gasteiger partial charge < -0.3 is 10.0 Å². The second-order valence-electron chi connectivity index (χ2n) is 6.03. The molecular formula is C16H20ClNO3. The van der Waals surface area contributed by atoms with Gasteiger partial charge in [0.25, 0.3) is 0 Å². The van der Waals surface area contributed by atoms with Crippen LogP contribution in [-0.2, 0) is 15.0 Å². The number of halogens is 1. The molecule has 1 aliphatic rings. The van der Waals surface area contributed by atoms with Crippen LogP contribution < -0.4 is 0 Å². The van der Waals surface area contributed by atoms with Crippen LogP contribution in [0.5, 0.6) is 0 Å². The molecule has 0 aromatic heterocycles. The number of aliphatic carboxylic acids is 1. The molecule has 4 nitrogen and oxygen atoms in total.